The van der Waals surface area contributed by atoms with E-state index in [0.717, 1.165) is 44.8 Å². The van der Waals surface area contributed by atoms with Crippen molar-refractivity contribution in [1.82, 2.24) is 14.9 Å². The number of carbonyl (C=O) groups is 1. The molecule has 0 radical (unpaired) electrons. The van der Waals surface area contributed by atoms with Crippen LogP contribution in [0.4, 0.5) is 5.82 Å². The maximum absolute atomic E-state index is 12.5. The highest BCUT2D eigenvalue weighted by Gasteiger charge is 2.30. The summed E-state index contributed by atoms with van der Waals surface area (Å²) in [4.78, 5) is 25.1. The third-order valence-electron chi connectivity index (χ3n) is 3.97. The second-order valence-corrected chi connectivity index (χ2v) is 5.29. The first kappa shape index (κ1) is 13.3. The molecular weight excluding hydrogens is 256 g/mol. The topological polar surface area (TPSA) is 58.6 Å². The summed E-state index contributed by atoms with van der Waals surface area (Å²) < 4.78 is 5.31. The first-order valence-electron chi connectivity index (χ1n) is 7.22. The SMILES string of the molecule is O=C([C@@H]1CCCN(c2cnccn2)C1)N1CCOCC1. The van der Waals surface area contributed by atoms with Crippen molar-refractivity contribution in [3.05, 3.63) is 18.6 Å². The van der Waals surface area contributed by atoms with Crippen LogP contribution in [-0.4, -0.2) is 60.2 Å². The summed E-state index contributed by atoms with van der Waals surface area (Å²) in [6.45, 7) is 4.46. The van der Waals surface area contributed by atoms with Gasteiger partial charge in [-0.2, -0.15) is 0 Å². The quantitative estimate of drug-likeness (QED) is 0.789. The first-order chi connectivity index (χ1) is 9.84. The van der Waals surface area contributed by atoms with Gasteiger partial charge >= 0.3 is 0 Å². The van der Waals surface area contributed by atoms with E-state index in [0.29, 0.717) is 13.2 Å². The zero-order valence-corrected chi connectivity index (χ0v) is 11.6. The molecule has 2 saturated heterocycles. The van der Waals surface area contributed by atoms with Gasteiger partial charge in [-0.15, -0.1) is 0 Å². The zero-order chi connectivity index (χ0) is 13.8. The lowest BCUT2D eigenvalue weighted by Crippen LogP contribution is -2.48. The number of nitrogens with zero attached hydrogens (tertiary/aromatic N) is 4. The molecule has 6 heteroatoms. The third-order valence-corrected chi connectivity index (χ3v) is 3.97. The Labute approximate surface area is 118 Å². The fraction of sp³-hybridized carbons (Fsp3) is 0.643. The highest BCUT2D eigenvalue weighted by Crippen LogP contribution is 2.22. The van der Waals surface area contributed by atoms with E-state index < -0.39 is 0 Å². The predicted molar refractivity (Wildman–Crippen MR) is 74.4 cm³/mol. The van der Waals surface area contributed by atoms with Crippen LogP contribution in [0.25, 0.3) is 0 Å². The van der Waals surface area contributed by atoms with Gasteiger partial charge in [-0.05, 0) is 12.8 Å². The molecule has 2 aliphatic rings. The van der Waals surface area contributed by atoms with Crippen molar-refractivity contribution in [2.45, 2.75) is 12.8 Å². The number of amides is 1. The minimum Gasteiger partial charge on any atom is -0.378 e. The van der Waals surface area contributed by atoms with Crippen molar-refractivity contribution < 1.29 is 9.53 Å². The fourth-order valence-corrected chi connectivity index (χ4v) is 2.88. The molecule has 0 saturated carbocycles. The van der Waals surface area contributed by atoms with E-state index in [-0.39, 0.29) is 11.8 Å². The number of aromatic nitrogens is 2. The summed E-state index contributed by atoms with van der Waals surface area (Å²) in [5.41, 5.74) is 0. The van der Waals surface area contributed by atoms with Gasteiger partial charge in [0.15, 0.2) is 0 Å². The Morgan fingerprint density at radius 1 is 1.25 bits per heavy atom. The number of morpholine rings is 1. The number of ether oxygens (including phenoxy) is 1. The first-order valence-corrected chi connectivity index (χ1v) is 7.22. The van der Waals surface area contributed by atoms with E-state index in [9.17, 15) is 4.79 Å². The van der Waals surface area contributed by atoms with Gasteiger partial charge in [0.25, 0.3) is 0 Å². The van der Waals surface area contributed by atoms with Gasteiger partial charge in [-0.3, -0.25) is 9.78 Å². The number of rotatable bonds is 2. The summed E-state index contributed by atoms with van der Waals surface area (Å²) in [7, 11) is 0. The van der Waals surface area contributed by atoms with E-state index in [4.69, 9.17) is 4.74 Å². The number of piperidine rings is 1. The van der Waals surface area contributed by atoms with Gasteiger partial charge in [0.05, 0.1) is 25.3 Å². The van der Waals surface area contributed by atoms with Gasteiger partial charge in [-0.1, -0.05) is 0 Å². The lowest BCUT2D eigenvalue weighted by molar-refractivity contribution is -0.139. The van der Waals surface area contributed by atoms with Crippen molar-refractivity contribution in [3.63, 3.8) is 0 Å². The van der Waals surface area contributed by atoms with Gasteiger partial charge in [0, 0.05) is 38.6 Å². The average molecular weight is 276 g/mol. The third kappa shape index (κ3) is 2.90. The lowest BCUT2D eigenvalue weighted by Gasteiger charge is -2.36. The zero-order valence-electron chi connectivity index (χ0n) is 11.6. The highest BCUT2D eigenvalue weighted by atomic mass is 16.5. The second kappa shape index (κ2) is 6.17. The normalized spacial score (nSPS) is 23.7. The van der Waals surface area contributed by atoms with Crippen LogP contribution in [0, 0.1) is 5.92 Å². The van der Waals surface area contributed by atoms with E-state index in [2.05, 4.69) is 14.9 Å². The number of hydrogen-bond acceptors (Lipinski definition) is 5. The predicted octanol–water partition coefficient (Wildman–Crippen LogP) is 0.552. The monoisotopic (exact) mass is 276 g/mol. The Morgan fingerprint density at radius 3 is 2.85 bits per heavy atom. The smallest absolute Gasteiger partial charge is 0.227 e. The van der Waals surface area contributed by atoms with Gasteiger partial charge in [0.2, 0.25) is 5.91 Å². The van der Waals surface area contributed by atoms with Crippen LogP contribution in [0.3, 0.4) is 0 Å². The summed E-state index contributed by atoms with van der Waals surface area (Å²) >= 11 is 0. The Hall–Kier alpha value is -1.69. The van der Waals surface area contributed by atoms with Crippen molar-refractivity contribution >= 4 is 11.7 Å². The van der Waals surface area contributed by atoms with Gasteiger partial charge in [0.1, 0.15) is 5.82 Å². The van der Waals surface area contributed by atoms with E-state index in [1.165, 1.54) is 0 Å². The fourth-order valence-electron chi connectivity index (χ4n) is 2.88. The number of hydrogen-bond donors (Lipinski definition) is 0. The minimum atomic E-state index is 0.0730. The van der Waals surface area contributed by atoms with Crippen LogP contribution < -0.4 is 4.90 Å². The summed E-state index contributed by atoms with van der Waals surface area (Å²) in [5, 5.41) is 0. The molecule has 1 atom stereocenters. The molecule has 0 aliphatic carbocycles. The molecule has 0 N–H and O–H groups in total. The largest absolute Gasteiger partial charge is 0.378 e. The lowest BCUT2D eigenvalue weighted by atomic mass is 9.96. The summed E-state index contributed by atoms with van der Waals surface area (Å²) in [6.07, 6.45) is 7.12. The minimum absolute atomic E-state index is 0.0730. The molecule has 0 unspecified atom stereocenters. The Balaban J connectivity index is 1.64. The van der Waals surface area contributed by atoms with Crippen LogP contribution in [0.5, 0.6) is 0 Å². The molecule has 108 valence electrons. The van der Waals surface area contributed by atoms with Crippen LogP contribution in [0.2, 0.25) is 0 Å². The molecule has 3 rings (SSSR count). The van der Waals surface area contributed by atoms with Gasteiger partial charge in [-0.25, -0.2) is 4.98 Å². The molecular formula is C14H20N4O2. The van der Waals surface area contributed by atoms with Gasteiger partial charge < -0.3 is 14.5 Å². The number of carbonyl (C=O) groups excluding carboxylic acids is 1. The standard InChI is InChI=1S/C14H20N4O2/c19-14(17-6-8-20-9-7-17)12-2-1-5-18(11-12)13-10-15-3-4-16-13/h3-4,10,12H,1-2,5-9,11H2/t12-/m1/s1. The molecule has 6 nitrogen and oxygen atoms in total. The maximum Gasteiger partial charge on any atom is 0.227 e. The van der Waals surface area contributed by atoms with E-state index in [1.54, 1.807) is 18.6 Å². The Kier molecular flexibility index (Phi) is 4.11. The molecule has 20 heavy (non-hydrogen) atoms. The van der Waals surface area contributed by atoms with Crippen molar-refractivity contribution in [2.75, 3.05) is 44.3 Å². The average Bonchev–Trinajstić information content (AvgIpc) is 2.56. The molecule has 1 aromatic rings. The highest BCUT2D eigenvalue weighted by molar-refractivity contribution is 5.79. The molecule has 1 aromatic heterocycles. The molecule has 0 spiro atoms. The van der Waals surface area contributed by atoms with Crippen LogP contribution in [-0.2, 0) is 9.53 Å². The summed E-state index contributed by atoms with van der Waals surface area (Å²) in [5.74, 6) is 1.21. The molecule has 2 aliphatic heterocycles. The van der Waals surface area contributed by atoms with Crippen molar-refractivity contribution in [3.8, 4) is 0 Å². The number of anilines is 1. The van der Waals surface area contributed by atoms with Crippen LogP contribution >= 0.6 is 0 Å². The van der Waals surface area contributed by atoms with Crippen molar-refractivity contribution in [1.29, 1.82) is 0 Å². The Morgan fingerprint density at radius 2 is 2.10 bits per heavy atom. The molecule has 3 heterocycles. The molecule has 1 amide bonds. The van der Waals surface area contributed by atoms with E-state index >= 15 is 0 Å². The molecule has 0 bridgehead atoms. The van der Waals surface area contributed by atoms with E-state index in [1.807, 2.05) is 4.90 Å². The van der Waals surface area contributed by atoms with Crippen molar-refractivity contribution in [2.24, 2.45) is 5.92 Å². The molecule has 2 fully saturated rings. The Bertz CT molecular complexity index is 448. The second-order valence-electron chi connectivity index (χ2n) is 5.29. The molecule has 0 aromatic carbocycles. The maximum atomic E-state index is 12.5. The van der Waals surface area contributed by atoms with Crippen LogP contribution in [0.15, 0.2) is 18.6 Å². The van der Waals surface area contributed by atoms with Crippen LogP contribution in [0.1, 0.15) is 12.8 Å². The summed E-state index contributed by atoms with van der Waals surface area (Å²) in [6, 6.07) is 0.